The van der Waals surface area contributed by atoms with E-state index < -0.39 is 17.5 Å². The highest BCUT2D eigenvalue weighted by Crippen LogP contribution is 2.25. The van der Waals surface area contributed by atoms with E-state index in [1.807, 2.05) is 0 Å². The molecule has 0 aliphatic heterocycles. The van der Waals surface area contributed by atoms with E-state index in [4.69, 9.17) is 17.3 Å². The van der Waals surface area contributed by atoms with Crippen LogP contribution >= 0.6 is 11.6 Å². The Kier molecular flexibility index (Phi) is 3.69. The van der Waals surface area contributed by atoms with Crippen LogP contribution in [0.1, 0.15) is 0 Å². The van der Waals surface area contributed by atoms with Gasteiger partial charge in [-0.3, -0.25) is 8.60 Å². The highest BCUT2D eigenvalue weighted by atomic mass is 35.5. The van der Waals surface area contributed by atoms with Gasteiger partial charge in [0.1, 0.15) is 6.67 Å². The highest BCUT2D eigenvalue weighted by molar-refractivity contribution is 7.85. The van der Waals surface area contributed by atoms with Gasteiger partial charge in [0.2, 0.25) is 0 Å². The topological polar surface area (TPSA) is 43.1 Å². The molecule has 0 saturated carbocycles. The number of nitrogen functional groups attached to an aromatic ring is 1. The molecule has 0 bridgehead atoms. The predicted molar refractivity (Wildman–Crippen MR) is 53.1 cm³/mol. The van der Waals surface area contributed by atoms with Crippen LogP contribution in [0, 0.1) is 0 Å². The summed E-state index contributed by atoms with van der Waals surface area (Å²) in [5.41, 5.74) is 5.90. The van der Waals surface area contributed by atoms with Gasteiger partial charge < -0.3 is 5.73 Å². The molecule has 0 aromatic heterocycles. The van der Waals surface area contributed by atoms with Gasteiger partial charge in [0.15, 0.2) is 0 Å². The van der Waals surface area contributed by atoms with Gasteiger partial charge in [-0.2, -0.15) is 0 Å². The fraction of sp³-hybridized carbons (Fsp3) is 0.250. The van der Waals surface area contributed by atoms with Crippen LogP contribution in [0.2, 0.25) is 5.02 Å². The van der Waals surface area contributed by atoms with E-state index in [1.165, 1.54) is 0 Å². The number of alkyl halides is 1. The van der Waals surface area contributed by atoms with E-state index in [0.717, 1.165) is 0 Å². The zero-order valence-electron chi connectivity index (χ0n) is 6.80. The highest BCUT2D eigenvalue weighted by Gasteiger charge is 2.11. The third-order valence-electron chi connectivity index (χ3n) is 1.49. The summed E-state index contributed by atoms with van der Waals surface area (Å²) in [5.74, 6) is -0.0616. The molecule has 0 aliphatic rings. The maximum Gasteiger partial charge on any atom is 0.101 e. The number of anilines is 1. The average molecular weight is 222 g/mol. The smallest absolute Gasteiger partial charge is 0.101 e. The molecule has 2 nitrogen and oxygen atoms in total. The second-order valence-corrected chi connectivity index (χ2v) is 4.31. The molecule has 72 valence electrons. The number of hydrogen-bond acceptors (Lipinski definition) is 2. The Morgan fingerprint density at radius 3 is 2.77 bits per heavy atom. The molecular formula is C8H9ClFNOS. The normalized spacial score (nSPS) is 12.8. The third-order valence-corrected chi connectivity index (χ3v) is 3.35. The van der Waals surface area contributed by atoms with Crippen molar-refractivity contribution >= 4 is 28.1 Å². The second kappa shape index (κ2) is 4.58. The van der Waals surface area contributed by atoms with E-state index in [9.17, 15) is 8.60 Å². The fourth-order valence-corrected chi connectivity index (χ4v) is 2.34. The van der Waals surface area contributed by atoms with Crippen LogP contribution in [0.4, 0.5) is 10.1 Å². The first-order chi connectivity index (χ1) is 6.16. The predicted octanol–water partition coefficient (Wildman–Crippen LogP) is 2.00. The molecule has 0 radical (unpaired) electrons. The summed E-state index contributed by atoms with van der Waals surface area (Å²) in [6.45, 7) is -0.642. The summed E-state index contributed by atoms with van der Waals surface area (Å²) in [7, 11) is -1.44. The molecule has 0 amide bonds. The maximum absolute atomic E-state index is 11.9. The lowest BCUT2D eigenvalue weighted by Crippen LogP contribution is -2.03. The molecule has 5 heteroatoms. The van der Waals surface area contributed by atoms with Crippen LogP contribution in [-0.2, 0) is 10.8 Å². The summed E-state index contributed by atoms with van der Waals surface area (Å²) in [5, 5.41) is 0.326. The summed E-state index contributed by atoms with van der Waals surface area (Å²) >= 11 is 5.76. The molecule has 0 saturated heterocycles. The Labute approximate surface area is 83.3 Å². The number of rotatable bonds is 3. The monoisotopic (exact) mass is 221 g/mol. The molecule has 2 N–H and O–H groups in total. The summed E-state index contributed by atoms with van der Waals surface area (Å²) in [6.07, 6.45) is 0. The van der Waals surface area contributed by atoms with E-state index in [0.29, 0.717) is 15.6 Å². The standard InChI is InChI=1S/C8H9ClFNOS/c9-6-2-1-3-7(11)8(6)13(12)5-4-10/h1-3H,4-5,11H2. The Bertz CT molecular complexity index is 312. The van der Waals surface area contributed by atoms with Gasteiger partial charge in [-0.15, -0.1) is 0 Å². The van der Waals surface area contributed by atoms with Crippen molar-refractivity contribution in [2.45, 2.75) is 4.90 Å². The minimum atomic E-state index is -1.44. The van der Waals surface area contributed by atoms with Gasteiger partial charge in [-0.25, -0.2) is 0 Å². The van der Waals surface area contributed by atoms with E-state index >= 15 is 0 Å². The van der Waals surface area contributed by atoms with Crippen molar-refractivity contribution in [1.29, 1.82) is 0 Å². The average Bonchev–Trinajstić information content (AvgIpc) is 2.04. The fourth-order valence-electron chi connectivity index (χ4n) is 0.938. The SMILES string of the molecule is Nc1cccc(Cl)c1S(=O)CCF. The number of hydrogen-bond donors (Lipinski definition) is 1. The molecule has 0 spiro atoms. The molecule has 1 rings (SSSR count). The van der Waals surface area contributed by atoms with Crippen molar-refractivity contribution in [3.05, 3.63) is 23.2 Å². The van der Waals surface area contributed by atoms with Crippen molar-refractivity contribution < 1.29 is 8.60 Å². The summed E-state index contributed by atoms with van der Waals surface area (Å²) in [6, 6.07) is 4.84. The lowest BCUT2D eigenvalue weighted by Gasteiger charge is -2.05. The van der Waals surface area contributed by atoms with Crippen molar-refractivity contribution in [1.82, 2.24) is 0 Å². The first-order valence-electron chi connectivity index (χ1n) is 3.65. The van der Waals surface area contributed by atoms with Gasteiger partial charge in [-0.1, -0.05) is 17.7 Å². The van der Waals surface area contributed by atoms with Gasteiger partial charge in [0.25, 0.3) is 0 Å². The molecule has 0 fully saturated rings. The third kappa shape index (κ3) is 2.42. The molecule has 1 atom stereocenters. The van der Waals surface area contributed by atoms with E-state index in [2.05, 4.69) is 0 Å². The van der Waals surface area contributed by atoms with Crippen molar-refractivity contribution in [2.24, 2.45) is 0 Å². The molecule has 1 aromatic rings. The number of nitrogens with two attached hydrogens (primary N) is 1. The van der Waals surface area contributed by atoms with Crippen LogP contribution in [-0.4, -0.2) is 16.6 Å². The number of benzene rings is 1. The van der Waals surface area contributed by atoms with Gasteiger partial charge in [0, 0.05) is 5.69 Å². The van der Waals surface area contributed by atoms with Gasteiger partial charge in [-0.05, 0) is 12.1 Å². The van der Waals surface area contributed by atoms with Crippen LogP contribution in [0.25, 0.3) is 0 Å². The Hall–Kier alpha value is -0.610. The zero-order valence-corrected chi connectivity index (χ0v) is 8.37. The quantitative estimate of drug-likeness (QED) is 0.794. The minimum absolute atomic E-state index is 0.0616. The van der Waals surface area contributed by atoms with E-state index in [1.54, 1.807) is 18.2 Å². The summed E-state index contributed by atoms with van der Waals surface area (Å²) in [4.78, 5) is 0.335. The second-order valence-electron chi connectivity index (χ2n) is 2.40. The van der Waals surface area contributed by atoms with Crippen LogP contribution in [0.5, 0.6) is 0 Å². The Morgan fingerprint density at radius 2 is 2.23 bits per heavy atom. The summed E-state index contributed by atoms with van der Waals surface area (Å²) < 4.78 is 23.3. The molecule has 0 heterocycles. The van der Waals surface area contributed by atoms with Crippen molar-refractivity contribution in [2.75, 3.05) is 18.2 Å². The first-order valence-corrected chi connectivity index (χ1v) is 5.35. The lowest BCUT2D eigenvalue weighted by molar-refractivity contribution is 0.528. The Balaban J connectivity index is 3.05. The zero-order chi connectivity index (χ0) is 9.84. The largest absolute Gasteiger partial charge is 0.398 e. The van der Waals surface area contributed by atoms with E-state index in [-0.39, 0.29) is 5.75 Å². The molecule has 1 aromatic carbocycles. The van der Waals surface area contributed by atoms with Crippen LogP contribution < -0.4 is 5.73 Å². The maximum atomic E-state index is 11.9. The molecule has 13 heavy (non-hydrogen) atoms. The lowest BCUT2D eigenvalue weighted by atomic mass is 10.3. The number of halogens is 2. The molecule has 1 unspecified atom stereocenters. The molecular weight excluding hydrogens is 213 g/mol. The minimum Gasteiger partial charge on any atom is -0.398 e. The molecule has 0 aliphatic carbocycles. The first kappa shape index (κ1) is 10.5. The Morgan fingerprint density at radius 1 is 1.54 bits per heavy atom. The van der Waals surface area contributed by atoms with Gasteiger partial charge >= 0.3 is 0 Å². The van der Waals surface area contributed by atoms with Crippen molar-refractivity contribution in [3.8, 4) is 0 Å². The van der Waals surface area contributed by atoms with Crippen LogP contribution in [0.15, 0.2) is 23.1 Å². The van der Waals surface area contributed by atoms with Crippen molar-refractivity contribution in [3.63, 3.8) is 0 Å². The van der Waals surface area contributed by atoms with Crippen LogP contribution in [0.3, 0.4) is 0 Å². The van der Waals surface area contributed by atoms with Gasteiger partial charge in [0.05, 0.1) is 26.5 Å².